The molecule has 0 saturated heterocycles. The molecule has 0 saturated carbocycles. The van der Waals surface area contributed by atoms with Gasteiger partial charge in [0.2, 0.25) is 5.88 Å². The molecule has 0 aliphatic rings. The molecule has 0 radical (unpaired) electrons. The van der Waals surface area contributed by atoms with Crippen LogP contribution in [0.5, 0.6) is 17.4 Å². The van der Waals surface area contributed by atoms with Crippen LogP contribution in [-0.2, 0) is 0 Å². The summed E-state index contributed by atoms with van der Waals surface area (Å²) in [4.78, 5) is 9.17. The highest BCUT2D eigenvalue weighted by atomic mass is 16.5. The Labute approximate surface area is 190 Å². The zero-order chi connectivity index (χ0) is 22.5. The number of aromatic nitrogens is 3. The lowest BCUT2D eigenvalue weighted by atomic mass is 10.1. The van der Waals surface area contributed by atoms with Gasteiger partial charge in [-0.25, -0.2) is 9.97 Å². The van der Waals surface area contributed by atoms with Crippen molar-refractivity contribution in [2.75, 3.05) is 0 Å². The summed E-state index contributed by atoms with van der Waals surface area (Å²) in [5.74, 6) is 2.10. The number of benzene rings is 3. The van der Waals surface area contributed by atoms with Crippen LogP contribution in [-0.4, -0.2) is 19.6 Å². The number of ether oxygens (including phenoxy) is 1. The number of nitrogens with zero attached hydrogens (tertiary/aromatic N) is 3. The summed E-state index contributed by atoms with van der Waals surface area (Å²) < 4.78 is 8.33. The first-order chi connectivity index (χ1) is 16.1. The molecule has 5 nitrogen and oxygen atoms in total. The van der Waals surface area contributed by atoms with Gasteiger partial charge in [0, 0.05) is 34.5 Å². The molecule has 33 heavy (non-hydrogen) atoms. The van der Waals surface area contributed by atoms with Gasteiger partial charge in [-0.05, 0) is 61.4 Å². The number of hydrogen-bond acceptors (Lipinski definition) is 4. The second-order valence-corrected chi connectivity index (χ2v) is 8.28. The van der Waals surface area contributed by atoms with Gasteiger partial charge >= 0.3 is 0 Å². The molecule has 3 aromatic carbocycles. The normalized spacial score (nSPS) is 11.5. The van der Waals surface area contributed by atoms with E-state index in [-0.39, 0.29) is 5.75 Å². The number of hydrogen-bond donors (Lipinski definition) is 1. The number of phenolic OH excluding ortho intramolecular Hbond substituents is 1. The molecule has 0 fully saturated rings. The molecule has 0 bridgehead atoms. The smallest absolute Gasteiger partial charge is 0.219 e. The van der Waals surface area contributed by atoms with Gasteiger partial charge < -0.3 is 9.84 Å². The van der Waals surface area contributed by atoms with Crippen LogP contribution in [0.1, 0.15) is 11.1 Å². The largest absolute Gasteiger partial charge is 0.506 e. The molecule has 6 aromatic rings. The Balaban J connectivity index is 1.54. The quantitative estimate of drug-likeness (QED) is 0.333. The third-order valence-corrected chi connectivity index (χ3v) is 5.99. The van der Waals surface area contributed by atoms with E-state index >= 15 is 0 Å². The lowest BCUT2D eigenvalue weighted by Gasteiger charge is -2.10. The van der Waals surface area contributed by atoms with Crippen molar-refractivity contribution in [1.82, 2.24) is 14.5 Å². The second kappa shape index (κ2) is 7.35. The van der Waals surface area contributed by atoms with Crippen LogP contribution >= 0.6 is 0 Å². The van der Waals surface area contributed by atoms with E-state index in [0.29, 0.717) is 17.1 Å². The number of para-hydroxylation sites is 2. The van der Waals surface area contributed by atoms with Crippen molar-refractivity contribution in [2.45, 2.75) is 13.8 Å². The minimum Gasteiger partial charge on any atom is -0.506 e. The van der Waals surface area contributed by atoms with Gasteiger partial charge in [0.25, 0.3) is 0 Å². The van der Waals surface area contributed by atoms with Crippen LogP contribution < -0.4 is 4.74 Å². The van der Waals surface area contributed by atoms with Gasteiger partial charge in [0.1, 0.15) is 22.8 Å². The molecule has 0 aliphatic carbocycles. The summed E-state index contributed by atoms with van der Waals surface area (Å²) in [6.45, 7) is 4.19. The highest BCUT2D eigenvalue weighted by Crippen LogP contribution is 2.36. The van der Waals surface area contributed by atoms with Crippen LogP contribution in [0.15, 0.2) is 85.1 Å². The number of aryl methyl sites for hydroxylation is 2. The lowest BCUT2D eigenvalue weighted by molar-refractivity contribution is 0.460. The first kappa shape index (κ1) is 19.3. The number of rotatable bonds is 3. The summed E-state index contributed by atoms with van der Waals surface area (Å²) in [5.41, 5.74) is 5.00. The van der Waals surface area contributed by atoms with Crippen molar-refractivity contribution in [1.29, 1.82) is 0 Å². The molecule has 0 unspecified atom stereocenters. The fourth-order valence-corrected chi connectivity index (χ4v) is 4.45. The molecular formula is C28H21N3O2. The maximum Gasteiger partial charge on any atom is 0.219 e. The Morgan fingerprint density at radius 3 is 2.61 bits per heavy atom. The second-order valence-electron chi connectivity index (χ2n) is 8.28. The third kappa shape index (κ3) is 3.17. The average Bonchev–Trinajstić information content (AvgIpc) is 3.15. The van der Waals surface area contributed by atoms with Crippen LogP contribution in [0, 0.1) is 13.8 Å². The summed E-state index contributed by atoms with van der Waals surface area (Å²) >= 11 is 0. The first-order valence-corrected chi connectivity index (χ1v) is 10.8. The average molecular weight is 431 g/mol. The Hall–Kier alpha value is -4.38. The summed E-state index contributed by atoms with van der Waals surface area (Å²) in [7, 11) is 0. The van der Waals surface area contributed by atoms with E-state index in [0.717, 1.165) is 33.2 Å². The van der Waals surface area contributed by atoms with Gasteiger partial charge in [-0.1, -0.05) is 30.3 Å². The van der Waals surface area contributed by atoms with Gasteiger partial charge in [-0.3, -0.25) is 4.57 Å². The van der Waals surface area contributed by atoms with E-state index in [4.69, 9.17) is 4.74 Å². The maximum absolute atomic E-state index is 10.2. The molecule has 1 N–H and O–H groups in total. The van der Waals surface area contributed by atoms with Crippen LogP contribution in [0.25, 0.3) is 38.5 Å². The molecule has 3 heterocycles. The topological polar surface area (TPSA) is 60.2 Å². The molecule has 3 aromatic heterocycles. The van der Waals surface area contributed by atoms with E-state index in [9.17, 15) is 5.11 Å². The fourth-order valence-electron chi connectivity index (χ4n) is 4.45. The molecule has 0 atom stereocenters. The number of pyridine rings is 2. The van der Waals surface area contributed by atoms with E-state index in [1.807, 2.05) is 42.6 Å². The van der Waals surface area contributed by atoms with E-state index in [1.54, 1.807) is 12.1 Å². The Morgan fingerprint density at radius 1 is 0.848 bits per heavy atom. The van der Waals surface area contributed by atoms with Gasteiger partial charge in [-0.2, -0.15) is 0 Å². The van der Waals surface area contributed by atoms with E-state index in [2.05, 4.69) is 58.7 Å². The summed E-state index contributed by atoms with van der Waals surface area (Å²) in [6, 6.07) is 25.5. The molecule has 5 heteroatoms. The molecular weight excluding hydrogens is 410 g/mol. The predicted octanol–water partition coefficient (Wildman–Crippen LogP) is 6.84. The molecule has 6 rings (SSSR count). The zero-order valence-corrected chi connectivity index (χ0v) is 18.3. The van der Waals surface area contributed by atoms with Crippen molar-refractivity contribution in [3.63, 3.8) is 0 Å². The number of phenols is 1. The van der Waals surface area contributed by atoms with Crippen molar-refractivity contribution in [2.24, 2.45) is 0 Å². The minimum atomic E-state index is 0.134. The standard InChI is InChI=1S/C28H21N3O2/c1-17-13-14-29-25(15-17)31-23-16-20(10-11-21(23)22-7-3-5-18(2)28(22)31)33-26-12-9-19-6-4-8-24(32)27(19)30-26/h3-16,32H,1-2H3. The third-order valence-electron chi connectivity index (χ3n) is 5.99. The fraction of sp³-hybridized carbons (Fsp3) is 0.0714. The van der Waals surface area contributed by atoms with Crippen LogP contribution in [0.4, 0.5) is 0 Å². The summed E-state index contributed by atoms with van der Waals surface area (Å²) in [6.07, 6.45) is 1.84. The van der Waals surface area contributed by atoms with Crippen molar-refractivity contribution < 1.29 is 9.84 Å². The highest BCUT2D eigenvalue weighted by molar-refractivity contribution is 6.10. The number of fused-ring (bicyclic) bond motifs is 4. The summed E-state index contributed by atoms with van der Waals surface area (Å²) in [5, 5.41) is 13.3. The molecule has 0 spiro atoms. The Morgan fingerprint density at radius 2 is 1.73 bits per heavy atom. The first-order valence-electron chi connectivity index (χ1n) is 10.8. The molecule has 0 aliphatic heterocycles. The van der Waals surface area contributed by atoms with Gasteiger partial charge in [-0.15, -0.1) is 0 Å². The molecule has 160 valence electrons. The van der Waals surface area contributed by atoms with Crippen molar-refractivity contribution in [3.8, 4) is 23.2 Å². The van der Waals surface area contributed by atoms with Gasteiger partial charge in [0.15, 0.2) is 0 Å². The number of aromatic hydroxyl groups is 1. The van der Waals surface area contributed by atoms with Gasteiger partial charge in [0.05, 0.1) is 11.0 Å². The predicted molar refractivity (Wildman–Crippen MR) is 132 cm³/mol. The monoisotopic (exact) mass is 431 g/mol. The highest BCUT2D eigenvalue weighted by Gasteiger charge is 2.16. The lowest BCUT2D eigenvalue weighted by Crippen LogP contribution is -1.99. The Kier molecular flexibility index (Phi) is 4.30. The maximum atomic E-state index is 10.2. The Bertz CT molecular complexity index is 1680. The minimum absolute atomic E-state index is 0.134. The SMILES string of the molecule is Cc1ccnc(-n2c3cc(Oc4ccc5cccc(O)c5n4)ccc3c3cccc(C)c32)c1. The van der Waals surface area contributed by atoms with E-state index < -0.39 is 0 Å². The van der Waals surface area contributed by atoms with Crippen LogP contribution in [0.3, 0.4) is 0 Å². The van der Waals surface area contributed by atoms with Crippen molar-refractivity contribution in [3.05, 3.63) is 96.2 Å². The molecule has 0 amide bonds. The zero-order valence-electron chi connectivity index (χ0n) is 18.3. The van der Waals surface area contributed by atoms with Crippen LogP contribution in [0.2, 0.25) is 0 Å². The van der Waals surface area contributed by atoms with Crippen molar-refractivity contribution >= 4 is 32.7 Å². The van der Waals surface area contributed by atoms with E-state index in [1.165, 1.54) is 10.9 Å².